The number of hydrogen-bond acceptors (Lipinski definition) is 7. The molecular formula is C28H21N3O6. The molecule has 0 radical (unpaired) electrons. The monoisotopic (exact) mass is 495 g/mol. The van der Waals surface area contributed by atoms with Crippen molar-refractivity contribution >= 4 is 17.8 Å². The SMILES string of the molecule is O=C(N/N=C\c1cc2c(cc1[N+](=O)[O-])OCO2)c1ccc(COc2ccccc2-c2ccccc2)cc1. The van der Waals surface area contributed by atoms with Crippen LogP contribution in [0.15, 0.2) is 96.1 Å². The largest absolute Gasteiger partial charge is 0.488 e. The smallest absolute Gasteiger partial charge is 0.282 e. The van der Waals surface area contributed by atoms with Gasteiger partial charge in [-0.1, -0.05) is 60.7 Å². The topological polar surface area (TPSA) is 112 Å². The predicted octanol–water partition coefficient (Wildman–Crippen LogP) is 5.33. The summed E-state index contributed by atoms with van der Waals surface area (Å²) in [6, 6.07) is 27.5. The molecule has 37 heavy (non-hydrogen) atoms. The summed E-state index contributed by atoms with van der Waals surface area (Å²) in [5.74, 6) is 0.979. The van der Waals surface area contributed by atoms with Gasteiger partial charge < -0.3 is 14.2 Å². The first-order valence-corrected chi connectivity index (χ1v) is 11.4. The summed E-state index contributed by atoms with van der Waals surface area (Å²) in [5, 5.41) is 15.2. The van der Waals surface area contributed by atoms with Crippen LogP contribution >= 0.6 is 0 Å². The standard InChI is InChI=1S/C28H21N3O6/c32-28(30-29-16-22-14-26-27(37-18-36-26)15-24(22)31(33)34)21-12-10-19(11-13-21)17-35-25-9-5-4-8-23(25)20-6-2-1-3-7-20/h1-16H,17-18H2,(H,30,32)/b29-16-. The maximum absolute atomic E-state index is 12.5. The van der Waals surface area contributed by atoms with E-state index in [-0.39, 0.29) is 18.0 Å². The van der Waals surface area contributed by atoms with Gasteiger partial charge in [0.15, 0.2) is 11.5 Å². The van der Waals surface area contributed by atoms with Crippen LogP contribution in [0.2, 0.25) is 0 Å². The highest BCUT2D eigenvalue weighted by Crippen LogP contribution is 2.37. The average Bonchev–Trinajstić information content (AvgIpc) is 3.40. The van der Waals surface area contributed by atoms with Crippen molar-refractivity contribution in [1.82, 2.24) is 5.43 Å². The number of hydrogen-bond donors (Lipinski definition) is 1. The first-order valence-electron chi connectivity index (χ1n) is 11.4. The number of para-hydroxylation sites is 1. The number of amides is 1. The molecule has 0 aliphatic carbocycles. The minimum absolute atomic E-state index is 0.00953. The average molecular weight is 495 g/mol. The Labute approximate surface area is 212 Å². The summed E-state index contributed by atoms with van der Waals surface area (Å²) < 4.78 is 16.5. The number of hydrazone groups is 1. The van der Waals surface area contributed by atoms with Crippen molar-refractivity contribution in [3.05, 3.63) is 118 Å². The summed E-state index contributed by atoms with van der Waals surface area (Å²) in [6.07, 6.45) is 1.20. The van der Waals surface area contributed by atoms with E-state index < -0.39 is 10.8 Å². The van der Waals surface area contributed by atoms with Crippen molar-refractivity contribution in [2.75, 3.05) is 6.79 Å². The Morgan fingerprint density at radius 3 is 2.43 bits per heavy atom. The van der Waals surface area contributed by atoms with Crippen LogP contribution in [0.4, 0.5) is 5.69 Å². The Bertz CT molecular complexity index is 1470. The zero-order valence-electron chi connectivity index (χ0n) is 19.5. The summed E-state index contributed by atoms with van der Waals surface area (Å²) >= 11 is 0. The fraction of sp³-hybridized carbons (Fsp3) is 0.0714. The molecule has 4 aromatic carbocycles. The third-order valence-corrected chi connectivity index (χ3v) is 5.67. The van der Waals surface area contributed by atoms with E-state index >= 15 is 0 Å². The van der Waals surface area contributed by atoms with Gasteiger partial charge in [0.25, 0.3) is 11.6 Å². The third-order valence-electron chi connectivity index (χ3n) is 5.67. The van der Waals surface area contributed by atoms with Gasteiger partial charge in [0.2, 0.25) is 6.79 Å². The van der Waals surface area contributed by atoms with Gasteiger partial charge in [-0.3, -0.25) is 14.9 Å². The molecule has 9 heteroatoms. The molecule has 1 heterocycles. The Kier molecular flexibility index (Phi) is 6.76. The lowest BCUT2D eigenvalue weighted by Crippen LogP contribution is -2.17. The molecular weight excluding hydrogens is 474 g/mol. The number of nitrogens with zero attached hydrogens (tertiary/aromatic N) is 2. The molecule has 1 aliphatic rings. The fourth-order valence-electron chi connectivity index (χ4n) is 3.80. The summed E-state index contributed by atoms with van der Waals surface area (Å²) in [7, 11) is 0. The molecule has 0 fully saturated rings. The van der Waals surface area contributed by atoms with E-state index in [1.54, 1.807) is 24.3 Å². The maximum atomic E-state index is 12.5. The van der Waals surface area contributed by atoms with Gasteiger partial charge in [0, 0.05) is 11.1 Å². The number of benzene rings is 4. The van der Waals surface area contributed by atoms with E-state index in [1.807, 2.05) is 54.6 Å². The second-order valence-corrected chi connectivity index (χ2v) is 8.07. The summed E-state index contributed by atoms with van der Waals surface area (Å²) in [6.45, 7) is 0.322. The van der Waals surface area contributed by atoms with E-state index in [2.05, 4.69) is 10.5 Å². The molecule has 4 aromatic rings. The molecule has 0 bridgehead atoms. The third kappa shape index (κ3) is 5.40. The van der Waals surface area contributed by atoms with Crippen LogP contribution in [-0.4, -0.2) is 23.8 Å². The fourth-order valence-corrected chi connectivity index (χ4v) is 3.80. The predicted molar refractivity (Wildman–Crippen MR) is 137 cm³/mol. The lowest BCUT2D eigenvalue weighted by atomic mass is 10.0. The number of rotatable bonds is 8. The van der Waals surface area contributed by atoms with Gasteiger partial charge in [0.1, 0.15) is 12.4 Å². The molecule has 0 saturated carbocycles. The molecule has 0 spiro atoms. The molecule has 1 aliphatic heterocycles. The Balaban J connectivity index is 1.21. The lowest BCUT2D eigenvalue weighted by molar-refractivity contribution is -0.385. The molecule has 1 N–H and O–H groups in total. The number of nitrogens with one attached hydrogen (secondary N) is 1. The minimum Gasteiger partial charge on any atom is -0.488 e. The van der Waals surface area contributed by atoms with Crippen LogP contribution in [0.3, 0.4) is 0 Å². The van der Waals surface area contributed by atoms with Gasteiger partial charge >= 0.3 is 0 Å². The second-order valence-electron chi connectivity index (χ2n) is 8.07. The quantitative estimate of drug-likeness (QED) is 0.201. The number of fused-ring (bicyclic) bond motifs is 1. The summed E-state index contributed by atoms with van der Waals surface area (Å²) in [5.41, 5.74) is 5.69. The van der Waals surface area contributed by atoms with E-state index in [0.29, 0.717) is 23.7 Å². The van der Waals surface area contributed by atoms with Crippen LogP contribution in [-0.2, 0) is 6.61 Å². The minimum atomic E-state index is -0.551. The Hall–Kier alpha value is -5.18. The summed E-state index contributed by atoms with van der Waals surface area (Å²) in [4.78, 5) is 23.3. The van der Waals surface area contributed by atoms with E-state index in [4.69, 9.17) is 14.2 Å². The molecule has 0 saturated heterocycles. The number of ether oxygens (including phenoxy) is 3. The van der Waals surface area contributed by atoms with Crippen molar-refractivity contribution in [2.45, 2.75) is 6.61 Å². The number of nitro groups is 1. The molecule has 0 unspecified atom stereocenters. The lowest BCUT2D eigenvalue weighted by Gasteiger charge is -2.12. The van der Waals surface area contributed by atoms with E-state index in [9.17, 15) is 14.9 Å². The Morgan fingerprint density at radius 2 is 1.68 bits per heavy atom. The highest BCUT2D eigenvalue weighted by molar-refractivity contribution is 5.95. The van der Waals surface area contributed by atoms with Crippen LogP contribution in [0.5, 0.6) is 17.2 Å². The molecule has 184 valence electrons. The van der Waals surface area contributed by atoms with Gasteiger partial charge in [0.05, 0.1) is 22.8 Å². The normalized spacial score (nSPS) is 11.9. The van der Waals surface area contributed by atoms with Crippen LogP contribution in [0.1, 0.15) is 21.5 Å². The van der Waals surface area contributed by atoms with Gasteiger partial charge in [-0.05, 0) is 35.4 Å². The van der Waals surface area contributed by atoms with Gasteiger partial charge in [-0.25, -0.2) is 5.43 Å². The van der Waals surface area contributed by atoms with Gasteiger partial charge in [-0.15, -0.1) is 0 Å². The highest BCUT2D eigenvalue weighted by Gasteiger charge is 2.22. The molecule has 0 aromatic heterocycles. The van der Waals surface area contributed by atoms with Crippen molar-refractivity contribution in [3.8, 4) is 28.4 Å². The van der Waals surface area contributed by atoms with Crippen LogP contribution < -0.4 is 19.6 Å². The first kappa shape index (κ1) is 23.6. The molecule has 9 nitrogen and oxygen atoms in total. The maximum Gasteiger partial charge on any atom is 0.282 e. The number of nitro benzene ring substituents is 1. The van der Waals surface area contributed by atoms with Crippen LogP contribution in [0, 0.1) is 10.1 Å². The molecule has 5 rings (SSSR count). The number of carbonyl (C=O) groups is 1. The Morgan fingerprint density at radius 1 is 0.973 bits per heavy atom. The van der Waals surface area contributed by atoms with Crippen molar-refractivity contribution in [3.63, 3.8) is 0 Å². The first-order chi connectivity index (χ1) is 18.1. The van der Waals surface area contributed by atoms with Crippen molar-refractivity contribution < 1.29 is 23.9 Å². The zero-order chi connectivity index (χ0) is 25.6. The zero-order valence-corrected chi connectivity index (χ0v) is 19.5. The van der Waals surface area contributed by atoms with Crippen molar-refractivity contribution in [1.29, 1.82) is 0 Å². The highest BCUT2D eigenvalue weighted by atomic mass is 16.7. The van der Waals surface area contributed by atoms with E-state index in [0.717, 1.165) is 22.4 Å². The number of carbonyl (C=O) groups excluding carboxylic acids is 1. The molecule has 0 atom stereocenters. The van der Waals surface area contributed by atoms with Crippen LogP contribution in [0.25, 0.3) is 11.1 Å². The second kappa shape index (κ2) is 10.6. The van der Waals surface area contributed by atoms with Gasteiger partial charge in [-0.2, -0.15) is 5.10 Å². The van der Waals surface area contributed by atoms with E-state index in [1.165, 1.54) is 18.3 Å². The van der Waals surface area contributed by atoms with Crippen molar-refractivity contribution in [2.24, 2.45) is 5.10 Å². The molecule has 1 amide bonds.